The standard InChI is InChI=1S/3C4H11N5.2ClH.Co.H2O/c3*1-9(2)4(7)8-3(5)6;;;;/h3*1-2H3,(H5,5,6,7,8);2*1H;;1H2/q;;;;;+2;/p-2. The smallest absolute Gasteiger partial charge is 1.00 e. The summed E-state index contributed by atoms with van der Waals surface area (Å²) >= 11 is 0. The van der Waals surface area contributed by atoms with E-state index >= 15 is 0 Å². The average molecular weight is 535 g/mol. The first-order chi connectivity index (χ1) is 12.1. The van der Waals surface area contributed by atoms with E-state index in [1.807, 2.05) is 0 Å². The number of halogens is 2. The Balaban J connectivity index is -0.0000000524. The molecule has 0 fully saturated rings. The first kappa shape index (κ1) is 46.5. The molecule has 0 saturated heterocycles. The van der Waals surface area contributed by atoms with Gasteiger partial charge in [-0.15, -0.1) is 0 Å². The maximum Gasteiger partial charge on any atom is 2.00 e. The first-order valence-corrected chi connectivity index (χ1v) is 7.22. The molecule has 0 atom stereocenters. The van der Waals surface area contributed by atoms with E-state index in [4.69, 9.17) is 49.7 Å². The van der Waals surface area contributed by atoms with Crippen molar-refractivity contribution in [2.24, 2.45) is 17.2 Å². The molecule has 0 aromatic heterocycles. The minimum atomic E-state index is -0.214. The van der Waals surface area contributed by atoms with Crippen LogP contribution >= 0.6 is 0 Å². The van der Waals surface area contributed by atoms with Gasteiger partial charge in [-0.3, -0.25) is 48.4 Å². The third kappa shape index (κ3) is 38.5. The van der Waals surface area contributed by atoms with Crippen LogP contribution < -0.4 is 58.0 Å². The molecule has 16 nitrogen and oxygen atoms in total. The predicted octanol–water partition coefficient (Wildman–Crippen LogP) is -9.92. The van der Waals surface area contributed by atoms with Gasteiger partial charge < -0.3 is 62.2 Å². The SMILES string of the molecule is CN(C)C(=N)NC(=N)N.CN(C)C(=N)NC(=N)N.CN(C)C(=N)NC(=N)N.O.[Cl-].[Cl-].[Co+2]. The number of rotatable bonds is 0. The van der Waals surface area contributed by atoms with Gasteiger partial charge in [0.15, 0.2) is 35.8 Å². The number of nitrogens with zero attached hydrogens (tertiary/aromatic N) is 3. The van der Waals surface area contributed by atoms with Gasteiger partial charge in [-0.1, -0.05) is 0 Å². The molecular formula is C12H35Cl2CoN15O. The number of hydrogen-bond donors (Lipinski definition) is 12. The van der Waals surface area contributed by atoms with Gasteiger partial charge in [0.2, 0.25) is 0 Å². The topological polar surface area (TPSA) is 298 Å². The molecule has 0 aromatic rings. The summed E-state index contributed by atoms with van der Waals surface area (Å²) in [6.45, 7) is 0. The summed E-state index contributed by atoms with van der Waals surface area (Å²) in [5.74, 6) is -0.302. The minimum absolute atomic E-state index is 0. The summed E-state index contributed by atoms with van der Waals surface area (Å²) in [7, 11) is 10.2. The Morgan fingerprint density at radius 3 is 0.677 bits per heavy atom. The van der Waals surface area contributed by atoms with Crippen LogP contribution in [0.15, 0.2) is 0 Å². The zero-order valence-electron chi connectivity index (χ0n) is 18.2. The second-order valence-electron chi connectivity index (χ2n) is 5.35. The van der Waals surface area contributed by atoms with E-state index in [2.05, 4.69) is 16.0 Å². The van der Waals surface area contributed by atoms with Gasteiger partial charge in [0.25, 0.3) is 0 Å². The zero-order chi connectivity index (χ0) is 22.3. The van der Waals surface area contributed by atoms with E-state index < -0.39 is 0 Å². The summed E-state index contributed by atoms with van der Waals surface area (Å²) < 4.78 is 0. The van der Waals surface area contributed by atoms with Crippen molar-refractivity contribution in [1.82, 2.24) is 30.7 Å². The van der Waals surface area contributed by atoms with Gasteiger partial charge in [0, 0.05) is 42.3 Å². The monoisotopic (exact) mass is 534 g/mol. The fraction of sp³-hybridized carbons (Fsp3) is 0.500. The summed E-state index contributed by atoms with van der Waals surface area (Å²) in [4.78, 5) is 4.55. The Morgan fingerprint density at radius 2 is 0.645 bits per heavy atom. The van der Waals surface area contributed by atoms with Gasteiger partial charge in [-0.05, 0) is 0 Å². The van der Waals surface area contributed by atoms with Crippen LogP contribution in [0.5, 0.6) is 0 Å². The third-order valence-corrected chi connectivity index (χ3v) is 2.10. The molecule has 31 heavy (non-hydrogen) atoms. The maximum absolute atomic E-state index is 7.07. The Bertz CT molecular complexity index is 480. The van der Waals surface area contributed by atoms with Gasteiger partial charge >= 0.3 is 16.8 Å². The summed E-state index contributed by atoms with van der Waals surface area (Å²) in [5, 5.41) is 48.3. The van der Waals surface area contributed by atoms with Crippen molar-refractivity contribution in [1.29, 1.82) is 32.5 Å². The first-order valence-electron chi connectivity index (χ1n) is 7.22. The van der Waals surface area contributed by atoms with E-state index in [-0.39, 0.29) is 82.8 Å². The molecule has 187 valence electrons. The van der Waals surface area contributed by atoms with E-state index in [1.54, 1.807) is 42.3 Å². The molecule has 19 heteroatoms. The molecular weight excluding hydrogens is 500 g/mol. The van der Waals surface area contributed by atoms with Crippen LogP contribution in [0.2, 0.25) is 0 Å². The Kier molecular flexibility index (Phi) is 37.9. The van der Waals surface area contributed by atoms with Crippen molar-refractivity contribution >= 4 is 35.8 Å². The van der Waals surface area contributed by atoms with E-state index in [9.17, 15) is 0 Å². The fourth-order valence-electron chi connectivity index (χ4n) is 0.718. The largest absolute Gasteiger partial charge is 2.00 e. The molecule has 0 rings (SSSR count). The van der Waals surface area contributed by atoms with Gasteiger partial charge in [0.1, 0.15) is 0 Å². The molecule has 0 aliphatic rings. The van der Waals surface area contributed by atoms with Crippen molar-refractivity contribution in [2.45, 2.75) is 0 Å². The number of guanidine groups is 6. The molecule has 0 heterocycles. The molecule has 0 aliphatic heterocycles. The van der Waals surface area contributed by atoms with Crippen LogP contribution in [0.25, 0.3) is 0 Å². The second kappa shape index (κ2) is 25.3. The Hall–Kier alpha value is -2.73. The molecule has 0 saturated carbocycles. The van der Waals surface area contributed by atoms with Crippen molar-refractivity contribution in [2.75, 3.05) is 42.3 Å². The molecule has 0 amide bonds. The van der Waals surface area contributed by atoms with Crippen molar-refractivity contribution in [3.8, 4) is 0 Å². The van der Waals surface area contributed by atoms with Crippen molar-refractivity contribution in [3.63, 3.8) is 0 Å². The van der Waals surface area contributed by atoms with Gasteiger partial charge in [-0.2, -0.15) is 0 Å². The summed E-state index contributed by atoms with van der Waals surface area (Å²) in [6.07, 6.45) is 0. The zero-order valence-corrected chi connectivity index (χ0v) is 20.7. The van der Waals surface area contributed by atoms with Crippen LogP contribution in [-0.2, 0) is 16.8 Å². The van der Waals surface area contributed by atoms with E-state index in [1.165, 1.54) is 14.7 Å². The van der Waals surface area contributed by atoms with Gasteiger partial charge in [0.05, 0.1) is 0 Å². The maximum atomic E-state index is 7.07. The second-order valence-corrected chi connectivity index (χ2v) is 5.35. The molecule has 0 spiro atoms. The number of hydrogen-bond acceptors (Lipinski definition) is 6. The molecule has 0 unspecified atom stereocenters. The molecule has 0 aromatic carbocycles. The summed E-state index contributed by atoms with van der Waals surface area (Å²) in [5.41, 5.74) is 14.8. The van der Waals surface area contributed by atoms with Crippen LogP contribution in [0.4, 0.5) is 0 Å². The van der Waals surface area contributed by atoms with Gasteiger partial charge in [-0.25, -0.2) is 0 Å². The van der Waals surface area contributed by atoms with Crippen LogP contribution in [-0.4, -0.2) is 98.2 Å². The molecule has 0 bridgehead atoms. The van der Waals surface area contributed by atoms with E-state index in [0.717, 1.165) is 0 Å². The van der Waals surface area contributed by atoms with E-state index in [0.29, 0.717) is 0 Å². The third-order valence-electron chi connectivity index (χ3n) is 2.10. The van der Waals surface area contributed by atoms with Crippen LogP contribution in [0.3, 0.4) is 0 Å². The fourth-order valence-corrected chi connectivity index (χ4v) is 0.718. The van der Waals surface area contributed by atoms with Crippen molar-refractivity contribution in [3.05, 3.63) is 0 Å². The molecule has 1 radical (unpaired) electrons. The number of nitrogens with one attached hydrogen (secondary N) is 9. The van der Waals surface area contributed by atoms with Crippen LogP contribution in [0.1, 0.15) is 0 Å². The Morgan fingerprint density at radius 1 is 0.516 bits per heavy atom. The molecule has 0 aliphatic carbocycles. The Labute approximate surface area is 205 Å². The number of nitrogens with two attached hydrogens (primary N) is 3. The minimum Gasteiger partial charge on any atom is -1.00 e. The normalized spacial score (nSPS) is 7.16. The molecule has 17 N–H and O–H groups in total. The van der Waals surface area contributed by atoms with Crippen LogP contribution in [0, 0.1) is 32.5 Å². The summed E-state index contributed by atoms with van der Waals surface area (Å²) in [6, 6.07) is 0. The average Bonchev–Trinajstić information content (AvgIpc) is 2.46. The predicted molar refractivity (Wildman–Crippen MR) is 113 cm³/mol. The van der Waals surface area contributed by atoms with Crippen molar-refractivity contribution < 1.29 is 47.1 Å². The quantitative estimate of drug-likeness (QED) is 0.103.